The van der Waals surface area contributed by atoms with Gasteiger partial charge in [0.05, 0.1) is 5.69 Å². The predicted molar refractivity (Wildman–Crippen MR) is 212 cm³/mol. The second-order valence-corrected chi connectivity index (χ2v) is 14.8. The Morgan fingerprint density at radius 1 is 0.469 bits per heavy atom. The molecule has 0 amide bonds. The van der Waals surface area contributed by atoms with Crippen molar-refractivity contribution < 1.29 is 0 Å². The first-order valence-corrected chi connectivity index (χ1v) is 17.8. The summed E-state index contributed by atoms with van der Waals surface area (Å²) in [5.41, 5.74) is 11.3. The first-order chi connectivity index (χ1) is 24.0. The third kappa shape index (κ3) is 4.31. The van der Waals surface area contributed by atoms with E-state index < -0.39 is 0 Å². The molecule has 10 rings (SSSR count). The zero-order valence-corrected chi connectivity index (χ0v) is 28.3. The second-order valence-electron chi connectivity index (χ2n) is 13.8. The zero-order valence-electron chi connectivity index (χ0n) is 27.4. The number of benzene rings is 8. The highest BCUT2D eigenvalue weighted by Gasteiger charge is 2.39. The fraction of sp³-hybridized carbons (Fsp3) is 0.0638. The molecule has 0 unspecified atom stereocenters. The summed E-state index contributed by atoms with van der Waals surface area (Å²) in [6.07, 6.45) is 0. The molecule has 1 nitrogen and oxygen atoms in total. The normalized spacial score (nSPS) is 13.3. The first kappa shape index (κ1) is 28.3. The Kier molecular flexibility index (Phi) is 6.16. The Bertz CT molecular complexity index is 2750. The first-order valence-electron chi connectivity index (χ1n) is 17.0. The molecule has 232 valence electrons. The van der Waals surface area contributed by atoms with E-state index >= 15 is 0 Å². The summed E-state index contributed by atoms with van der Waals surface area (Å²) in [7, 11) is 0. The number of hydrogen-bond acceptors (Lipinski definition) is 2. The molecule has 2 heteroatoms. The van der Waals surface area contributed by atoms with Crippen molar-refractivity contribution in [1.82, 2.24) is 0 Å². The summed E-state index contributed by atoms with van der Waals surface area (Å²) in [4.78, 5) is 2.50. The lowest BCUT2D eigenvalue weighted by atomic mass is 9.80. The minimum atomic E-state index is -0.136. The van der Waals surface area contributed by atoms with Gasteiger partial charge in [0.25, 0.3) is 0 Å². The summed E-state index contributed by atoms with van der Waals surface area (Å²) in [6, 6.07) is 60.6. The van der Waals surface area contributed by atoms with Crippen LogP contribution in [0.4, 0.5) is 17.1 Å². The number of nitrogens with zero attached hydrogens (tertiary/aromatic N) is 1. The van der Waals surface area contributed by atoms with Gasteiger partial charge in [0.2, 0.25) is 0 Å². The smallest absolute Gasteiger partial charge is 0.0549 e. The van der Waals surface area contributed by atoms with Gasteiger partial charge in [-0.15, -0.1) is 11.3 Å². The quantitative estimate of drug-likeness (QED) is 0.184. The maximum Gasteiger partial charge on any atom is 0.0549 e. The van der Waals surface area contributed by atoms with Crippen molar-refractivity contribution in [3.63, 3.8) is 0 Å². The summed E-state index contributed by atoms with van der Waals surface area (Å²) < 4.78 is 2.62. The Balaban J connectivity index is 1.23. The molecule has 49 heavy (non-hydrogen) atoms. The maximum atomic E-state index is 2.50. The van der Waals surface area contributed by atoms with E-state index in [1.165, 1.54) is 80.8 Å². The van der Waals surface area contributed by atoms with Gasteiger partial charge >= 0.3 is 0 Å². The number of anilines is 3. The molecule has 0 saturated carbocycles. The van der Waals surface area contributed by atoms with Crippen LogP contribution < -0.4 is 4.90 Å². The highest BCUT2D eigenvalue weighted by Crippen LogP contribution is 2.57. The molecule has 1 heterocycles. The van der Waals surface area contributed by atoms with Gasteiger partial charge in [0.15, 0.2) is 0 Å². The van der Waals surface area contributed by atoms with Gasteiger partial charge in [0, 0.05) is 42.5 Å². The molecule has 0 N–H and O–H groups in total. The SMILES string of the molecule is CC1(C)c2ccccc2-c2c(N(c3ccc(-c4ccc5ccccc5c4)cc3)c3ccc4c(c3)sc3ccccc34)cc3ccccc3c21. The Hall–Kier alpha value is -5.70. The third-order valence-corrected chi connectivity index (χ3v) is 11.7. The van der Waals surface area contributed by atoms with E-state index in [-0.39, 0.29) is 5.41 Å². The van der Waals surface area contributed by atoms with E-state index in [4.69, 9.17) is 0 Å². The molecule has 8 aromatic carbocycles. The Morgan fingerprint density at radius 3 is 1.98 bits per heavy atom. The number of thiophene rings is 1. The van der Waals surface area contributed by atoms with Crippen LogP contribution in [0.2, 0.25) is 0 Å². The second kappa shape index (κ2) is 10.7. The standard InChI is InChI=1S/C47H33NS/c1-47(2)41-17-9-7-16-40(41)45-42(28-34-13-5-6-14-37(34)46(45)47)48(36-25-26-39-38-15-8-10-18-43(38)49-44(39)29-36)35-23-21-31(22-24-35)33-20-19-30-11-3-4-12-32(30)27-33/h3-29H,1-2H3. The van der Waals surface area contributed by atoms with Crippen LogP contribution in [0.5, 0.6) is 0 Å². The fourth-order valence-electron chi connectivity index (χ4n) is 8.26. The lowest BCUT2D eigenvalue weighted by molar-refractivity contribution is 0.666. The molecule has 1 aliphatic rings. The van der Waals surface area contributed by atoms with E-state index in [9.17, 15) is 0 Å². The molecule has 0 atom stereocenters. The lowest BCUT2D eigenvalue weighted by Crippen LogP contribution is -2.16. The largest absolute Gasteiger partial charge is 0.310 e. The van der Waals surface area contributed by atoms with E-state index in [0.717, 1.165) is 11.4 Å². The number of fused-ring (bicyclic) bond motifs is 9. The van der Waals surface area contributed by atoms with Crippen LogP contribution in [0.3, 0.4) is 0 Å². The summed E-state index contributed by atoms with van der Waals surface area (Å²) in [5.74, 6) is 0. The van der Waals surface area contributed by atoms with E-state index in [2.05, 4.69) is 183 Å². The zero-order chi connectivity index (χ0) is 32.7. The van der Waals surface area contributed by atoms with Gasteiger partial charge in [-0.1, -0.05) is 135 Å². The van der Waals surface area contributed by atoms with Gasteiger partial charge in [-0.25, -0.2) is 0 Å². The number of hydrogen-bond donors (Lipinski definition) is 0. The third-order valence-electron chi connectivity index (χ3n) is 10.6. The molecular weight excluding hydrogens is 611 g/mol. The highest BCUT2D eigenvalue weighted by atomic mass is 32.1. The van der Waals surface area contributed by atoms with E-state index in [1.807, 2.05) is 11.3 Å². The molecular formula is C47H33NS. The Morgan fingerprint density at radius 2 is 1.12 bits per heavy atom. The average molecular weight is 644 g/mol. The fourth-order valence-corrected chi connectivity index (χ4v) is 9.40. The van der Waals surface area contributed by atoms with Crippen molar-refractivity contribution in [3.8, 4) is 22.3 Å². The lowest BCUT2D eigenvalue weighted by Gasteiger charge is -2.30. The van der Waals surface area contributed by atoms with Crippen LogP contribution in [0.25, 0.3) is 64.0 Å². The van der Waals surface area contributed by atoms with Crippen LogP contribution in [0.15, 0.2) is 164 Å². The molecule has 1 aromatic heterocycles. The average Bonchev–Trinajstić information content (AvgIpc) is 3.64. The van der Waals surface area contributed by atoms with Gasteiger partial charge in [-0.3, -0.25) is 0 Å². The van der Waals surface area contributed by atoms with Crippen molar-refractivity contribution in [2.75, 3.05) is 4.90 Å². The molecule has 0 bridgehead atoms. The topological polar surface area (TPSA) is 3.24 Å². The predicted octanol–water partition coefficient (Wildman–Crippen LogP) is 13.8. The molecule has 0 saturated heterocycles. The van der Waals surface area contributed by atoms with Crippen molar-refractivity contribution in [1.29, 1.82) is 0 Å². The summed E-state index contributed by atoms with van der Waals surface area (Å²) in [6.45, 7) is 4.78. The maximum absolute atomic E-state index is 2.50. The summed E-state index contributed by atoms with van der Waals surface area (Å²) in [5, 5.41) is 7.75. The minimum absolute atomic E-state index is 0.136. The number of rotatable bonds is 4. The molecule has 0 fully saturated rings. The van der Waals surface area contributed by atoms with Crippen LogP contribution in [-0.4, -0.2) is 0 Å². The van der Waals surface area contributed by atoms with Gasteiger partial charge < -0.3 is 4.90 Å². The van der Waals surface area contributed by atoms with Crippen molar-refractivity contribution in [3.05, 3.63) is 175 Å². The van der Waals surface area contributed by atoms with Crippen LogP contribution in [-0.2, 0) is 5.41 Å². The van der Waals surface area contributed by atoms with Crippen molar-refractivity contribution in [2.24, 2.45) is 0 Å². The van der Waals surface area contributed by atoms with Crippen LogP contribution in [0, 0.1) is 0 Å². The minimum Gasteiger partial charge on any atom is -0.310 e. The van der Waals surface area contributed by atoms with Gasteiger partial charge in [-0.2, -0.15) is 0 Å². The van der Waals surface area contributed by atoms with Gasteiger partial charge in [0.1, 0.15) is 0 Å². The van der Waals surface area contributed by atoms with Gasteiger partial charge in [-0.05, 0) is 91.8 Å². The molecule has 9 aromatic rings. The van der Waals surface area contributed by atoms with Crippen molar-refractivity contribution >= 4 is 70.1 Å². The molecule has 0 spiro atoms. The van der Waals surface area contributed by atoms with Crippen molar-refractivity contribution in [2.45, 2.75) is 19.3 Å². The molecule has 0 aliphatic heterocycles. The monoisotopic (exact) mass is 643 g/mol. The molecule has 0 radical (unpaired) electrons. The van der Waals surface area contributed by atoms with E-state index in [1.54, 1.807) is 0 Å². The highest BCUT2D eigenvalue weighted by molar-refractivity contribution is 7.25. The molecule has 1 aliphatic carbocycles. The summed E-state index contributed by atoms with van der Waals surface area (Å²) >= 11 is 1.87. The van der Waals surface area contributed by atoms with E-state index in [0.29, 0.717) is 0 Å². The van der Waals surface area contributed by atoms with Crippen LogP contribution in [0.1, 0.15) is 25.0 Å². The van der Waals surface area contributed by atoms with Crippen LogP contribution >= 0.6 is 11.3 Å². The Labute approximate surface area is 290 Å².